The molecule has 1 aromatic rings. The first-order valence-corrected chi connectivity index (χ1v) is 13.3. The fourth-order valence-electron chi connectivity index (χ4n) is 3.92. The number of nitrogens with one attached hydrogen (secondary N) is 2. The molecule has 0 radical (unpaired) electrons. The fourth-order valence-corrected chi connectivity index (χ4v) is 3.92. The van der Waals surface area contributed by atoms with E-state index in [1.54, 1.807) is 0 Å². The molecule has 1 heterocycles. The molecule has 6 N–H and O–H groups in total. The Balaban J connectivity index is 1.69. The molecule has 0 saturated heterocycles. The first kappa shape index (κ1) is 29.0. The summed E-state index contributed by atoms with van der Waals surface area (Å²) in [5, 5.41) is 5.91. The third-order valence-corrected chi connectivity index (χ3v) is 6.01. The van der Waals surface area contributed by atoms with E-state index < -0.39 is 0 Å². The average molecular weight is 500 g/mol. The molecule has 9 nitrogen and oxygen atoms in total. The van der Waals surface area contributed by atoms with Crippen LogP contribution in [-0.4, -0.2) is 55.6 Å². The normalized spacial score (nSPS) is 16.0. The highest BCUT2D eigenvalue weighted by atomic mass is 16.5. The van der Waals surface area contributed by atoms with Gasteiger partial charge in [0, 0.05) is 25.2 Å². The first-order chi connectivity index (χ1) is 17.6. The highest BCUT2D eigenvalue weighted by Gasteiger charge is 2.14. The van der Waals surface area contributed by atoms with Crippen LogP contribution < -0.4 is 26.8 Å². The van der Waals surface area contributed by atoms with Crippen LogP contribution in [0.3, 0.4) is 0 Å². The lowest BCUT2D eigenvalue weighted by Gasteiger charge is -2.23. The molecule has 36 heavy (non-hydrogen) atoms. The average Bonchev–Trinajstić information content (AvgIpc) is 2.87. The lowest BCUT2D eigenvalue weighted by atomic mass is 10.1. The van der Waals surface area contributed by atoms with Crippen molar-refractivity contribution in [2.75, 3.05) is 32.8 Å². The number of rotatable bonds is 11. The van der Waals surface area contributed by atoms with Crippen LogP contribution >= 0.6 is 0 Å². The Morgan fingerprint density at radius 1 is 1.17 bits per heavy atom. The second-order valence-electron chi connectivity index (χ2n) is 8.98. The maximum absolute atomic E-state index is 12.8. The molecule has 9 heteroatoms. The number of urea groups is 1. The molecule has 2 amide bonds. The summed E-state index contributed by atoms with van der Waals surface area (Å²) in [6.45, 7) is 5.89. The number of benzene rings is 1. The maximum atomic E-state index is 12.8. The summed E-state index contributed by atoms with van der Waals surface area (Å²) >= 11 is 0. The Labute approximate surface area is 216 Å². The monoisotopic (exact) mass is 499 g/mol. The van der Waals surface area contributed by atoms with Gasteiger partial charge in [0.1, 0.15) is 5.75 Å². The SMILES string of the molecule is CC=CCN=C(N)NCCCCCCCCN1CCCCCOc2ccccc2CN=C(N)NC1=O. The summed E-state index contributed by atoms with van der Waals surface area (Å²) < 4.78 is 5.94. The Bertz CT molecular complexity index is 854. The highest BCUT2D eigenvalue weighted by Crippen LogP contribution is 2.19. The van der Waals surface area contributed by atoms with E-state index in [9.17, 15) is 4.79 Å². The number of carbonyl (C=O) groups is 1. The quantitative estimate of drug-likeness (QED) is 0.159. The van der Waals surface area contributed by atoms with E-state index in [0.717, 1.165) is 75.8 Å². The molecule has 0 unspecified atom stereocenters. The van der Waals surface area contributed by atoms with Gasteiger partial charge in [-0.1, -0.05) is 56.0 Å². The number of aliphatic imine (C=N–C) groups is 2. The third-order valence-electron chi connectivity index (χ3n) is 6.01. The summed E-state index contributed by atoms with van der Waals surface area (Å²) in [4.78, 5) is 23.2. The van der Waals surface area contributed by atoms with Gasteiger partial charge in [0.15, 0.2) is 11.9 Å². The fraction of sp³-hybridized carbons (Fsp3) is 0.593. The summed E-state index contributed by atoms with van der Waals surface area (Å²) in [7, 11) is 0. The number of fused-ring (bicyclic) bond motifs is 1. The zero-order valence-corrected chi connectivity index (χ0v) is 21.9. The topological polar surface area (TPSA) is 130 Å². The van der Waals surface area contributed by atoms with Gasteiger partial charge in [-0.2, -0.15) is 0 Å². The number of ether oxygens (including phenoxy) is 1. The van der Waals surface area contributed by atoms with E-state index in [-0.39, 0.29) is 12.0 Å². The van der Waals surface area contributed by atoms with Crippen LogP contribution in [0.5, 0.6) is 5.75 Å². The number of guanidine groups is 2. The van der Waals surface area contributed by atoms with Crippen molar-refractivity contribution in [3.8, 4) is 5.75 Å². The van der Waals surface area contributed by atoms with Crippen LogP contribution in [0.1, 0.15) is 70.3 Å². The van der Waals surface area contributed by atoms with Gasteiger partial charge in [0.2, 0.25) is 0 Å². The van der Waals surface area contributed by atoms with Crippen molar-refractivity contribution in [3.63, 3.8) is 0 Å². The van der Waals surface area contributed by atoms with E-state index in [1.807, 2.05) is 48.2 Å². The second kappa shape index (κ2) is 18.1. The van der Waals surface area contributed by atoms with E-state index in [2.05, 4.69) is 20.6 Å². The molecular weight excluding hydrogens is 454 g/mol. The van der Waals surface area contributed by atoms with E-state index in [4.69, 9.17) is 16.2 Å². The molecule has 0 fully saturated rings. The molecule has 0 saturated carbocycles. The van der Waals surface area contributed by atoms with Crippen molar-refractivity contribution >= 4 is 18.0 Å². The molecule has 0 aromatic heterocycles. The second-order valence-corrected chi connectivity index (χ2v) is 8.98. The highest BCUT2D eigenvalue weighted by molar-refractivity contribution is 5.95. The molecule has 200 valence electrons. The van der Waals surface area contributed by atoms with Crippen LogP contribution in [0.2, 0.25) is 0 Å². The lowest BCUT2D eigenvalue weighted by molar-refractivity contribution is 0.199. The standard InChI is InChI=1S/C27H45N7O2/c1-2-3-17-30-25(28)31-18-11-6-4-5-7-12-19-34-20-13-8-14-21-36-24-16-10-9-15-23(24)22-32-26(29)33-27(34)35/h2-3,9-10,15-16H,4-8,11-14,17-22H2,1H3,(H3,28,30,31)(H3,29,32,33,35). The van der Waals surface area contributed by atoms with E-state index in [1.165, 1.54) is 6.42 Å². The van der Waals surface area contributed by atoms with E-state index >= 15 is 0 Å². The molecule has 0 atom stereocenters. The smallest absolute Gasteiger partial charge is 0.324 e. The number of nitrogens with two attached hydrogens (primary N) is 2. The van der Waals surface area contributed by atoms with Gasteiger partial charge >= 0.3 is 6.03 Å². The predicted octanol–water partition coefficient (Wildman–Crippen LogP) is 3.90. The van der Waals surface area contributed by atoms with Gasteiger partial charge in [-0.25, -0.2) is 14.8 Å². The Morgan fingerprint density at radius 3 is 2.78 bits per heavy atom. The Kier molecular flexibility index (Phi) is 14.6. The van der Waals surface area contributed by atoms with Crippen LogP contribution in [0, 0.1) is 0 Å². The van der Waals surface area contributed by atoms with Crippen molar-refractivity contribution in [2.24, 2.45) is 21.5 Å². The van der Waals surface area contributed by atoms with Crippen LogP contribution in [-0.2, 0) is 6.54 Å². The van der Waals surface area contributed by atoms with Crippen molar-refractivity contribution < 1.29 is 9.53 Å². The molecular formula is C27H45N7O2. The number of allylic oxidation sites excluding steroid dienone is 1. The zero-order chi connectivity index (χ0) is 25.8. The minimum atomic E-state index is -0.169. The van der Waals surface area contributed by atoms with Crippen LogP contribution in [0.4, 0.5) is 4.79 Å². The van der Waals surface area contributed by atoms with Gasteiger partial charge in [-0.05, 0) is 45.1 Å². The summed E-state index contributed by atoms with van der Waals surface area (Å²) in [5.41, 5.74) is 12.8. The van der Waals surface area contributed by atoms with E-state index in [0.29, 0.717) is 32.2 Å². The Morgan fingerprint density at radius 2 is 1.94 bits per heavy atom. The van der Waals surface area contributed by atoms with Crippen molar-refractivity contribution in [2.45, 2.75) is 71.3 Å². The van der Waals surface area contributed by atoms with Crippen LogP contribution in [0.15, 0.2) is 46.4 Å². The molecule has 1 aromatic carbocycles. The number of unbranched alkanes of at least 4 members (excludes halogenated alkanes) is 5. The number of amides is 2. The van der Waals surface area contributed by atoms with Crippen molar-refractivity contribution in [1.29, 1.82) is 0 Å². The van der Waals surface area contributed by atoms with Gasteiger partial charge in [0.25, 0.3) is 0 Å². The van der Waals surface area contributed by atoms with Gasteiger partial charge in [-0.15, -0.1) is 0 Å². The Hall–Kier alpha value is -3.23. The van der Waals surface area contributed by atoms with Gasteiger partial charge < -0.3 is 26.4 Å². The minimum Gasteiger partial charge on any atom is -0.493 e. The molecule has 1 aliphatic rings. The predicted molar refractivity (Wildman–Crippen MR) is 148 cm³/mol. The number of para-hydroxylation sites is 1. The summed E-state index contributed by atoms with van der Waals surface area (Å²) in [6, 6.07) is 7.65. The lowest BCUT2D eigenvalue weighted by Crippen LogP contribution is -2.46. The van der Waals surface area contributed by atoms with Crippen molar-refractivity contribution in [1.82, 2.24) is 15.5 Å². The zero-order valence-electron chi connectivity index (χ0n) is 21.9. The molecule has 1 aliphatic heterocycles. The van der Waals surface area contributed by atoms with Gasteiger partial charge in [0.05, 0.1) is 19.7 Å². The number of hydrogen-bond acceptors (Lipinski definition) is 5. The molecule has 0 spiro atoms. The third kappa shape index (κ3) is 12.5. The molecule has 2 rings (SSSR count). The number of nitrogens with zero attached hydrogens (tertiary/aromatic N) is 3. The van der Waals surface area contributed by atoms with Gasteiger partial charge in [-0.3, -0.25) is 5.32 Å². The number of carbonyl (C=O) groups excluding carboxylic acids is 1. The number of hydrogen-bond donors (Lipinski definition) is 4. The minimum absolute atomic E-state index is 0.137. The summed E-state index contributed by atoms with van der Waals surface area (Å²) in [5.74, 6) is 1.47. The first-order valence-electron chi connectivity index (χ1n) is 13.3. The molecule has 0 aliphatic carbocycles. The van der Waals surface area contributed by atoms with Crippen molar-refractivity contribution in [3.05, 3.63) is 42.0 Å². The van der Waals surface area contributed by atoms with Crippen LogP contribution in [0.25, 0.3) is 0 Å². The maximum Gasteiger partial charge on any atom is 0.324 e. The largest absolute Gasteiger partial charge is 0.493 e. The molecule has 0 bridgehead atoms. The summed E-state index contributed by atoms with van der Waals surface area (Å²) in [6.07, 6.45) is 13.4.